The summed E-state index contributed by atoms with van der Waals surface area (Å²) in [6, 6.07) is 0. The van der Waals surface area contributed by atoms with Crippen molar-refractivity contribution in [2.45, 2.75) is 13.3 Å². The molecule has 0 amide bonds. The summed E-state index contributed by atoms with van der Waals surface area (Å²) in [5.41, 5.74) is 5.45. The van der Waals surface area contributed by atoms with Gasteiger partial charge in [0.2, 0.25) is 0 Å². The Morgan fingerprint density at radius 3 is 2.27 bits per heavy atom. The van der Waals surface area contributed by atoms with Crippen molar-refractivity contribution in [1.29, 1.82) is 0 Å². The quantitative estimate of drug-likeness (QED) is 0.480. The molecule has 1 saturated heterocycles. The molecular formula is C16H36N4O2. The third-order valence-electron chi connectivity index (χ3n) is 4.11. The average molecular weight is 316 g/mol. The van der Waals surface area contributed by atoms with E-state index in [1.54, 1.807) is 0 Å². The Morgan fingerprint density at radius 1 is 0.955 bits per heavy atom. The van der Waals surface area contributed by atoms with Gasteiger partial charge in [-0.2, -0.15) is 0 Å². The van der Waals surface area contributed by atoms with Crippen LogP contribution in [0.2, 0.25) is 0 Å². The van der Waals surface area contributed by atoms with E-state index >= 15 is 0 Å². The summed E-state index contributed by atoms with van der Waals surface area (Å²) in [6.07, 6.45) is 1.22. The van der Waals surface area contributed by atoms with Gasteiger partial charge in [-0.05, 0) is 33.5 Å². The molecule has 6 nitrogen and oxygen atoms in total. The summed E-state index contributed by atoms with van der Waals surface area (Å²) in [5, 5.41) is 0. The third-order valence-corrected chi connectivity index (χ3v) is 4.11. The van der Waals surface area contributed by atoms with Crippen LogP contribution in [0.4, 0.5) is 0 Å². The minimum absolute atomic E-state index is 0.600. The Labute approximate surface area is 136 Å². The van der Waals surface area contributed by atoms with E-state index in [4.69, 9.17) is 15.2 Å². The lowest BCUT2D eigenvalue weighted by atomic mass is 10.3. The van der Waals surface area contributed by atoms with Gasteiger partial charge in [-0.1, -0.05) is 0 Å². The fourth-order valence-corrected chi connectivity index (χ4v) is 2.64. The normalized spacial score (nSPS) is 17.5. The molecule has 0 radical (unpaired) electrons. The Bertz CT molecular complexity index is 248. The smallest absolute Gasteiger partial charge is 0.0594 e. The molecule has 0 bridgehead atoms. The second kappa shape index (κ2) is 13.2. The van der Waals surface area contributed by atoms with Gasteiger partial charge in [0.15, 0.2) is 0 Å². The van der Waals surface area contributed by atoms with Gasteiger partial charge in [-0.25, -0.2) is 0 Å². The van der Waals surface area contributed by atoms with Crippen LogP contribution in [-0.2, 0) is 9.47 Å². The zero-order chi connectivity index (χ0) is 16.0. The molecule has 0 aliphatic carbocycles. The van der Waals surface area contributed by atoms with Gasteiger partial charge >= 0.3 is 0 Å². The van der Waals surface area contributed by atoms with Gasteiger partial charge < -0.3 is 25.0 Å². The van der Waals surface area contributed by atoms with Crippen LogP contribution in [0.1, 0.15) is 13.3 Å². The van der Waals surface area contributed by atoms with Gasteiger partial charge in [0.05, 0.1) is 19.8 Å². The van der Waals surface area contributed by atoms with E-state index in [1.165, 1.54) is 39.1 Å². The largest absolute Gasteiger partial charge is 0.380 e. The maximum atomic E-state index is 5.50. The second-order valence-corrected chi connectivity index (χ2v) is 5.94. The van der Waals surface area contributed by atoms with E-state index in [-0.39, 0.29) is 0 Å². The van der Waals surface area contributed by atoms with Crippen molar-refractivity contribution < 1.29 is 9.47 Å². The second-order valence-electron chi connectivity index (χ2n) is 5.94. The molecule has 22 heavy (non-hydrogen) atoms. The lowest BCUT2D eigenvalue weighted by molar-refractivity contribution is 0.0773. The molecule has 1 heterocycles. The topological polar surface area (TPSA) is 54.2 Å². The number of hydrogen-bond acceptors (Lipinski definition) is 6. The standard InChI is InChI=1S/C16H36N4O2/c1-3-21-15-12-20(13-16-22-14-5-17)7-4-6-19-10-8-18(2)9-11-19/h3-17H2,1-2H3. The van der Waals surface area contributed by atoms with Crippen LogP contribution in [0, 0.1) is 0 Å². The van der Waals surface area contributed by atoms with Gasteiger partial charge in [-0.15, -0.1) is 0 Å². The van der Waals surface area contributed by atoms with E-state index in [9.17, 15) is 0 Å². The molecule has 1 aliphatic rings. The number of rotatable bonds is 13. The Kier molecular flexibility index (Phi) is 11.9. The van der Waals surface area contributed by atoms with Gasteiger partial charge in [0, 0.05) is 52.4 Å². The lowest BCUT2D eigenvalue weighted by Crippen LogP contribution is -2.45. The first-order chi connectivity index (χ1) is 10.8. The number of ether oxygens (including phenoxy) is 2. The number of hydrogen-bond donors (Lipinski definition) is 1. The van der Waals surface area contributed by atoms with Crippen LogP contribution in [0.15, 0.2) is 0 Å². The Morgan fingerprint density at radius 2 is 1.64 bits per heavy atom. The molecule has 0 saturated carbocycles. The lowest BCUT2D eigenvalue weighted by Gasteiger charge is -2.33. The number of nitrogens with zero attached hydrogens (tertiary/aromatic N) is 3. The molecule has 0 spiro atoms. The fourth-order valence-electron chi connectivity index (χ4n) is 2.64. The van der Waals surface area contributed by atoms with Crippen molar-refractivity contribution in [1.82, 2.24) is 14.7 Å². The molecular weight excluding hydrogens is 280 g/mol. The highest BCUT2D eigenvalue weighted by Gasteiger charge is 2.13. The predicted octanol–water partition coefficient (Wildman–Crippen LogP) is -0.0623. The zero-order valence-electron chi connectivity index (χ0n) is 14.6. The summed E-state index contributed by atoms with van der Waals surface area (Å²) in [6.45, 7) is 14.7. The van der Waals surface area contributed by atoms with Crippen LogP contribution in [0.3, 0.4) is 0 Å². The minimum Gasteiger partial charge on any atom is -0.380 e. The summed E-state index contributed by atoms with van der Waals surface area (Å²) >= 11 is 0. The molecule has 1 rings (SSSR count). The maximum absolute atomic E-state index is 5.50. The molecule has 0 atom stereocenters. The summed E-state index contributed by atoms with van der Waals surface area (Å²) in [7, 11) is 2.20. The first kappa shape index (κ1) is 19.8. The highest BCUT2D eigenvalue weighted by Crippen LogP contribution is 2.01. The van der Waals surface area contributed by atoms with Crippen molar-refractivity contribution in [2.75, 3.05) is 92.4 Å². The first-order valence-electron chi connectivity index (χ1n) is 8.75. The van der Waals surface area contributed by atoms with Crippen molar-refractivity contribution in [2.24, 2.45) is 5.73 Å². The number of nitrogens with two attached hydrogens (primary N) is 1. The van der Waals surface area contributed by atoms with Gasteiger partial charge in [-0.3, -0.25) is 4.90 Å². The fraction of sp³-hybridized carbons (Fsp3) is 1.00. The van der Waals surface area contributed by atoms with Gasteiger partial charge in [0.25, 0.3) is 0 Å². The van der Waals surface area contributed by atoms with Crippen LogP contribution in [-0.4, -0.2) is 107 Å². The Hall–Kier alpha value is -0.240. The molecule has 6 heteroatoms. The molecule has 0 aromatic rings. The van der Waals surface area contributed by atoms with Crippen LogP contribution in [0.25, 0.3) is 0 Å². The van der Waals surface area contributed by atoms with Crippen LogP contribution >= 0.6 is 0 Å². The molecule has 2 N–H and O–H groups in total. The molecule has 0 unspecified atom stereocenters. The average Bonchev–Trinajstić information content (AvgIpc) is 2.53. The van der Waals surface area contributed by atoms with Gasteiger partial charge in [0.1, 0.15) is 0 Å². The number of piperazine rings is 1. The van der Waals surface area contributed by atoms with Crippen LogP contribution in [0.5, 0.6) is 0 Å². The molecule has 0 aromatic carbocycles. The maximum Gasteiger partial charge on any atom is 0.0594 e. The highest BCUT2D eigenvalue weighted by atomic mass is 16.5. The van der Waals surface area contributed by atoms with E-state index < -0.39 is 0 Å². The van der Waals surface area contributed by atoms with Crippen molar-refractivity contribution in [3.63, 3.8) is 0 Å². The first-order valence-corrected chi connectivity index (χ1v) is 8.75. The molecule has 132 valence electrons. The highest BCUT2D eigenvalue weighted by molar-refractivity contribution is 4.70. The SMILES string of the molecule is CCOCCN(CCCN1CCN(C)CC1)CCOCCN. The van der Waals surface area contributed by atoms with Crippen molar-refractivity contribution >= 4 is 0 Å². The number of likely N-dealkylation sites (N-methyl/N-ethyl adjacent to an activating group) is 1. The zero-order valence-corrected chi connectivity index (χ0v) is 14.6. The van der Waals surface area contributed by atoms with E-state index in [1.807, 2.05) is 6.92 Å². The molecule has 1 aliphatic heterocycles. The van der Waals surface area contributed by atoms with Crippen molar-refractivity contribution in [3.05, 3.63) is 0 Å². The monoisotopic (exact) mass is 316 g/mol. The summed E-state index contributed by atoms with van der Waals surface area (Å²) < 4.78 is 11.0. The van der Waals surface area contributed by atoms with Crippen molar-refractivity contribution in [3.8, 4) is 0 Å². The predicted molar refractivity (Wildman–Crippen MR) is 91.4 cm³/mol. The minimum atomic E-state index is 0.600. The van der Waals surface area contributed by atoms with E-state index in [2.05, 4.69) is 21.7 Å². The Balaban J connectivity index is 2.14. The van der Waals surface area contributed by atoms with E-state index in [0.29, 0.717) is 13.2 Å². The molecule has 1 fully saturated rings. The summed E-state index contributed by atoms with van der Waals surface area (Å²) in [4.78, 5) is 7.42. The van der Waals surface area contributed by atoms with Crippen LogP contribution < -0.4 is 5.73 Å². The summed E-state index contributed by atoms with van der Waals surface area (Å²) in [5.74, 6) is 0. The van der Waals surface area contributed by atoms with E-state index in [0.717, 1.165) is 39.5 Å². The molecule has 0 aromatic heterocycles. The third kappa shape index (κ3) is 9.71.